The summed E-state index contributed by atoms with van der Waals surface area (Å²) in [7, 11) is 1.21. The molecule has 0 bridgehead atoms. The third-order valence-electron chi connectivity index (χ3n) is 4.40. The van der Waals surface area contributed by atoms with E-state index in [0.717, 1.165) is 12.8 Å². The topological polar surface area (TPSA) is 29.1 Å². The fraction of sp³-hybridized carbons (Fsp3) is 0.625. The SMILES string of the molecule is CCC(C)S(=O)C1CC(C)c2ccccc2C1NC. The van der Waals surface area contributed by atoms with E-state index >= 15 is 0 Å². The zero-order chi connectivity index (χ0) is 14.0. The first-order valence-electron chi connectivity index (χ1n) is 7.25. The van der Waals surface area contributed by atoms with Crippen LogP contribution in [0.5, 0.6) is 0 Å². The van der Waals surface area contributed by atoms with Crippen LogP contribution in [0.15, 0.2) is 24.3 Å². The van der Waals surface area contributed by atoms with Gasteiger partial charge in [-0.05, 0) is 36.9 Å². The van der Waals surface area contributed by atoms with E-state index in [2.05, 4.69) is 50.4 Å². The van der Waals surface area contributed by atoms with Crippen LogP contribution in [0.1, 0.15) is 56.7 Å². The molecule has 106 valence electrons. The van der Waals surface area contributed by atoms with Gasteiger partial charge in [-0.2, -0.15) is 0 Å². The van der Waals surface area contributed by atoms with E-state index in [1.54, 1.807) is 0 Å². The van der Waals surface area contributed by atoms with Gasteiger partial charge in [-0.15, -0.1) is 0 Å². The number of nitrogens with one attached hydrogen (secondary N) is 1. The second kappa shape index (κ2) is 6.19. The van der Waals surface area contributed by atoms with Crippen molar-refractivity contribution in [3.8, 4) is 0 Å². The summed E-state index contributed by atoms with van der Waals surface area (Å²) >= 11 is 0. The van der Waals surface area contributed by atoms with Crippen LogP contribution in [-0.4, -0.2) is 21.8 Å². The molecule has 0 aromatic heterocycles. The molecule has 3 heteroatoms. The highest BCUT2D eigenvalue weighted by atomic mass is 32.2. The first kappa shape index (κ1) is 14.7. The summed E-state index contributed by atoms with van der Waals surface area (Å²) in [6.07, 6.45) is 2.00. The van der Waals surface area contributed by atoms with Gasteiger partial charge in [0.2, 0.25) is 0 Å². The lowest BCUT2D eigenvalue weighted by molar-refractivity contribution is 0.460. The number of benzene rings is 1. The molecule has 0 heterocycles. The number of hydrogen-bond donors (Lipinski definition) is 1. The standard InChI is InChI=1S/C16H25NOS/c1-5-12(3)19(18)15-10-11(2)13-8-6-7-9-14(13)16(15)17-4/h6-9,11-12,15-17H,5,10H2,1-4H3. The quantitative estimate of drug-likeness (QED) is 0.915. The Kier molecular flexibility index (Phi) is 4.80. The predicted octanol–water partition coefficient (Wildman–Crippen LogP) is 3.37. The van der Waals surface area contributed by atoms with E-state index in [0.29, 0.717) is 5.92 Å². The Hall–Kier alpha value is -0.670. The molecule has 0 fully saturated rings. The van der Waals surface area contributed by atoms with Crippen molar-refractivity contribution in [1.29, 1.82) is 0 Å². The minimum atomic E-state index is -0.772. The molecule has 5 atom stereocenters. The van der Waals surface area contributed by atoms with Crippen molar-refractivity contribution in [2.75, 3.05) is 7.05 Å². The zero-order valence-electron chi connectivity index (χ0n) is 12.3. The van der Waals surface area contributed by atoms with Crippen LogP contribution in [0.3, 0.4) is 0 Å². The normalized spacial score (nSPS) is 29.6. The number of hydrogen-bond acceptors (Lipinski definition) is 2. The first-order chi connectivity index (χ1) is 9.10. The smallest absolute Gasteiger partial charge is 0.0551 e. The summed E-state index contributed by atoms with van der Waals surface area (Å²) in [5.74, 6) is 0.499. The van der Waals surface area contributed by atoms with Gasteiger partial charge in [-0.3, -0.25) is 4.21 Å². The van der Waals surface area contributed by atoms with E-state index in [9.17, 15) is 4.21 Å². The third kappa shape index (κ3) is 2.77. The van der Waals surface area contributed by atoms with Gasteiger partial charge < -0.3 is 5.32 Å². The molecule has 0 radical (unpaired) electrons. The fourth-order valence-corrected chi connectivity index (χ4v) is 5.04. The minimum absolute atomic E-state index is 0.224. The lowest BCUT2D eigenvalue weighted by Gasteiger charge is -2.37. The summed E-state index contributed by atoms with van der Waals surface area (Å²) in [4.78, 5) is 0. The van der Waals surface area contributed by atoms with Crippen molar-refractivity contribution in [2.24, 2.45) is 0 Å². The van der Waals surface area contributed by atoms with Gasteiger partial charge in [-0.25, -0.2) is 0 Å². The van der Waals surface area contributed by atoms with Crippen LogP contribution in [0.2, 0.25) is 0 Å². The Morgan fingerprint density at radius 3 is 2.58 bits per heavy atom. The largest absolute Gasteiger partial charge is 0.312 e. The van der Waals surface area contributed by atoms with Gasteiger partial charge in [-0.1, -0.05) is 45.0 Å². The maximum Gasteiger partial charge on any atom is 0.0551 e. The predicted molar refractivity (Wildman–Crippen MR) is 83.0 cm³/mol. The highest BCUT2D eigenvalue weighted by Crippen LogP contribution is 2.40. The van der Waals surface area contributed by atoms with Crippen molar-refractivity contribution >= 4 is 10.8 Å². The average Bonchev–Trinajstić information content (AvgIpc) is 2.45. The van der Waals surface area contributed by atoms with Crippen LogP contribution < -0.4 is 5.32 Å². The van der Waals surface area contributed by atoms with Crippen molar-refractivity contribution in [3.63, 3.8) is 0 Å². The molecule has 5 unspecified atom stereocenters. The fourth-order valence-electron chi connectivity index (χ4n) is 3.09. The van der Waals surface area contributed by atoms with Crippen LogP contribution in [0, 0.1) is 0 Å². The van der Waals surface area contributed by atoms with Crippen molar-refractivity contribution < 1.29 is 4.21 Å². The van der Waals surface area contributed by atoms with E-state index in [1.807, 2.05) is 7.05 Å². The van der Waals surface area contributed by atoms with E-state index in [1.165, 1.54) is 11.1 Å². The molecule has 19 heavy (non-hydrogen) atoms. The summed E-state index contributed by atoms with van der Waals surface area (Å²) in [5.41, 5.74) is 2.75. The monoisotopic (exact) mass is 279 g/mol. The summed E-state index contributed by atoms with van der Waals surface area (Å²) in [6, 6.07) is 8.82. The molecule has 1 aromatic rings. The van der Waals surface area contributed by atoms with Crippen molar-refractivity contribution in [2.45, 2.75) is 56.1 Å². The summed E-state index contributed by atoms with van der Waals surface area (Å²) in [6.45, 7) is 6.48. The molecule has 0 aliphatic heterocycles. The average molecular weight is 279 g/mol. The Balaban J connectivity index is 2.36. The summed E-state index contributed by atoms with van der Waals surface area (Å²) < 4.78 is 12.7. The molecule has 1 aromatic carbocycles. The van der Waals surface area contributed by atoms with Gasteiger partial charge in [0.15, 0.2) is 0 Å². The second-order valence-electron chi connectivity index (χ2n) is 5.62. The van der Waals surface area contributed by atoms with E-state index in [4.69, 9.17) is 0 Å². The van der Waals surface area contributed by atoms with Crippen LogP contribution in [0.25, 0.3) is 0 Å². The Morgan fingerprint density at radius 2 is 2.00 bits per heavy atom. The van der Waals surface area contributed by atoms with Gasteiger partial charge in [0, 0.05) is 22.1 Å². The third-order valence-corrected chi connectivity index (χ3v) is 6.59. The molecule has 0 spiro atoms. The second-order valence-corrected chi connectivity index (χ2v) is 7.69. The van der Waals surface area contributed by atoms with Crippen molar-refractivity contribution in [1.82, 2.24) is 5.32 Å². The molecular formula is C16H25NOS. The maximum absolute atomic E-state index is 12.7. The first-order valence-corrected chi connectivity index (χ1v) is 8.53. The molecule has 2 rings (SSSR count). The lowest BCUT2D eigenvalue weighted by atomic mass is 9.81. The van der Waals surface area contributed by atoms with Crippen LogP contribution >= 0.6 is 0 Å². The number of rotatable bonds is 4. The molecule has 1 N–H and O–H groups in total. The van der Waals surface area contributed by atoms with Gasteiger partial charge in [0.05, 0.1) is 5.25 Å². The van der Waals surface area contributed by atoms with Crippen LogP contribution in [0.4, 0.5) is 0 Å². The van der Waals surface area contributed by atoms with Crippen molar-refractivity contribution in [3.05, 3.63) is 35.4 Å². The highest BCUT2D eigenvalue weighted by Gasteiger charge is 2.36. The molecule has 0 amide bonds. The van der Waals surface area contributed by atoms with E-state index in [-0.39, 0.29) is 16.5 Å². The Labute approximate surface area is 119 Å². The van der Waals surface area contributed by atoms with E-state index < -0.39 is 10.8 Å². The van der Waals surface area contributed by atoms with Gasteiger partial charge in [0.25, 0.3) is 0 Å². The molecule has 0 saturated carbocycles. The van der Waals surface area contributed by atoms with Gasteiger partial charge >= 0.3 is 0 Å². The number of fused-ring (bicyclic) bond motifs is 1. The highest BCUT2D eigenvalue weighted by molar-refractivity contribution is 7.86. The lowest BCUT2D eigenvalue weighted by Crippen LogP contribution is -2.40. The minimum Gasteiger partial charge on any atom is -0.312 e. The molecule has 0 saturated heterocycles. The molecule has 1 aliphatic carbocycles. The van der Waals surface area contributed by atoms with Crippen LogP contribution in [-0.2, 0) is 10.8 Å². The molecule has 2 nitrogen and oxygen atoms in total. The maximum atomic E-state index is 12.7. The molecule has 1 aliphatic rings. The Bertz CT molecular complexity index is 460. The Morgan fingerprint density at radius 1 is 1.37 bits per heavy atom. The molecular weight excluding hydrogens is 254 g/mol. The zero-order valence-corrected chi connectivity index (χ0v) is 13.2. The summed E-state index contributed by atoms with van der Waals surface area (Å²) in [5, 5.41) is 3.90. The van der Waals surface area contributed by atoms with Gasteiger partial charge in [0.1, 0.15) is 0 Å².